The van der Waals surface area contributed by atoms with Crippen LogP contribution in [0.25, 0.3) is 5.57 Å². The van der Waals surface area contributed by atoms with E-state index in [1.54, 1.807) is 36.4 Å². The van der Waals surface area contributed by atoms with E-state index < -0.39 is 0 Å². The predicted molar refractivity (Wildman–Crippen MR) is 165 cm³/mol. The Hall–Kier alpha value is -4.36. The molecule has 42 heavy (non-hydrogen) atoms. The van der Waals surface area contributed by atoms with E-state index in [2.05, 4.69) is 11.1 Å². The number of pyridine rings is 1. The fourth-order valence-electron chi connectivity index (χ4n) is 5.87. The number of alkyl halides is 1. The zero-order valence-electron chi connectivity index (χ0n) is 23.8. The Kier molecular flexibility index (Phi) is 7.85. The molecule has 4 aromatic rings. The van der Waals surface area contributed by atoms with Gasteiger partial charge in [-0.05, 0) is 77.9 Å². The fraction of sp³-hybridized carbons (Fsp3) is 0.265. The first-order chi connectivity index (χ1) is 20.4. The first kappa shape index (κ1) is 27.8. The fourth-order valence-corrected chi connectivity index (χ4v) is 6.16. The Morgan fingerprint density at radius 3 is 2.71 bits per heavy atom. The number of halogens is 1. The third kappa shape index (κ3) is 5.44. The number of anilines is 1. The second-order valence-electron chi connectivity index (χ2n) is 10.9. The molecule has 8 heteroatoms. The molecule has 0 bridgehead atoms. The van der Waals surface area contributed by atoms with Crippen molar-refractivity contribution in [2.24, 2.45) is 0 Å². The maximum absolute atomic E-state index is 14.2. The largest absolute Gasteiger partial charge is 0.496 e. The summed E-state index contributed by atoms with van der Waals surface area (Å²) in [5.41, 5.74) is 6.90. The summed E-state index contributed by atoms with van der Waals surface area (Å²) in [5, 5.41) is 0.119. The van der Waals surface area contributed by atoms with Crippen molar-refractivity contribution in [3.05, 3.63) is 119 Å². The first-order valence-corrected chi connectivity index (χ1v) is 14.6. The molecular formula is C34H33ClN4O3. The topological polar surface area (TPSA) is 67.7 Å². The summed E-state index contributed by atoms with van der Waals surface area (Å²) in [7, 11) is 3.39. The molecule has 7 nitrogen and oxygen atoms in total. The number of rotatable bonds is 6. The minimum Gasteiger partial charge on any atom is -0.496 e. The number of allylic oxidation sites excluding steroid dienone is 2. The van der Waals surface area contributed by atoms with Gasteiger partial charge >= 0.3 is 0 Å². The Morgan fingerprint density at radius 1 is 1.07 bits per heavy atom. The number of hydrogen-bond acceptors (Lipinski definition) is 4. The van der Waals surface area contributed by atoms with Crippen LogP contribution in [0.1, 0.15) is 62.5 Å². The van der Waals surface area contributed by atoms with Gasteiger partial charge in [0.25, 0.3) is 11.8 Å². The van der Waals surface area contributed by atoms with Crippen LogP contribution in [-0.2, 0) is 19.6 Å². The number of hydrogen-bond donors (Lipinski definition) is 0. The summed E-state index contributed by atoms with van der Waals surface area (Å²) in [6, 6.07) is 21.3. The summed E-state index contributed by atoms with van der Waals surface area (Å²) in [6.07, 6.45) is 8.43. The first-order valence-electron chi connectivity index (χ1n) is 14.2. The molecule has 2 aromatic heterocycles. The van der Waals surface area contributed by atoms with Crippen molar-refractivity contribution in [2.75, 3.05) is 19.1 Å². The van der Waals surface area contributed by atoms with Gasteiger partial charge in [0.05, 0.1) is 25.8 Å². The SMILES string of the molecule is COc1cc(C2=CCCC(Cl)C2)ccc1C(=O)N1Cc2ccc(C(=O)N(C)Cc3cccnc3)n2Cc2ccccc21. The normalized spacial score (nSPS) is 16.1. The Balaban J connectivity index is 1.32. The van der Waals surface area contributed by atoms with E-state index in [0.29, 0.717) is 36.6 Å². The summed E-state index contributed by atoms with van der Waals surface area (Å²) < 4.78 is 7.77. The number of benzene rings is 2. The van der Waals surface area contributed by atoms with Crippen molar-refractivity contribution in [2.45, 2.75) is 44.3 Å². The van der Waals surface area contributed by atoms with Gasteiger partial charge in [0.15, 0.2) is 0 Å². The minimum atomic E-state index is -0.157. The lowest BCUT2D eigenvalue weighted by Crippen LogP contribution is -2.31. The number of nitrogens with zero attached hydrogens (tertiary/aromatic N) is 4. The highest BCUT2D eigenvalue weighted by Crippen LogP contribution is 2.35. The monoisotopic (exact) mass is 580 g/mol. The van der Waals surface area contributed by atoms with Crippen molar-refractivity contribution < 1.29 is 14.3 Å². The highest BCUT2D eigenvalue weighted by Gasteiger charge is 2.30. The predicted octanol–water partition coefficient (Wildman–Crippen LogP) is 6.55. The lowest BCUT2D eigenvalue weighted by molar-refractivity contribution is 0.0774. The molecule has 0 fully saturated rings. The van der Waals surface area contributed by atoms with Gasteiger partial charge in [0.1, 0.15) is 11.4 Å². The van der Waals surface area contributed by atoms with E-state index in [4.69, 9.17) is 16.3 Å². The van der Waals surface area contributed by atoms with Crippen LogP contribution in [0.3, 0.4) is 0 Å². The van der Waals surface area contributed by atoms with Gasteiger partial charge in [0, 0.05) is 42.7 Å². The molecule has 0 radical (unpaired) electrons. The number of aromatic nitrogens is 2. The van der Waals surface area contributed by atoms with Crippen molar-refractivity contribution in [1.29, 1.82) is 0 Å². The Labute approximate surface area is 251 Å². The second kappa shape index (κ2) is 11.9. The van der Waals surface area contributed by atoms with Gasteiger partial charge in [-0.25, -0.2) is 0 Å². The number of para-hydroxylation sites is 1. The number of amides is 2. The van der Waals surface area contributed by atoms with Crippen molar-refractivity contribution in [1.82, 2.24) is 14.5 Å². The standard InChI is InChI=1S/C34H33ClN4O3/c1-37(20-23-7-6-16-36-19-23)34(41)31-15-13-28-22-39(30-11-4-3-8-26(30)21-38(28)31)33(40)29-14-12-25(18-32(29)42-2)24-9-5-10-27(35)17-24/h3-4,6-9,11-16,18-19,27H,5,10,17,20-22H2,1-2H3. The van der Waals surface area contributed by atoms with Crippen LogP contribution in [0.2, 0.25) is 0 Å². The Bertz CT molecular complexity index is 1660. The average Bonchev–Trinajstić information content (AvgIpc) is 3.33. The lowest BCUT2D eigenvalue weighted by atomic mass is 9.92. The van der Waals surface area contributed by atoms with Crippen LogP contribution in [0, 0.1) is 0 Å². The highest BCUT2D eigenvalue weighted by molar-refractivity contribution is 6.21. The van der Waals surface area contributed by atoms with E-state index in [-0.39, 0.29) is 17.2 Å². The van der Waals surface area contributed by atoms with Crippen molar-refractivity contribution >= 4 is 34.7 Å². The van der Waals surface area contributed by atoms with Crippen LogP contribution in [0.15, 0.2) is 85.2 Å². The van der Waals surface area contributed by atoms with E-state index in [9.17, 15) is 9.59 Å². The molecule has 2 aliphatic rings. The lowest BCUT2D eigenvalue weighted by Gasteiger charge is -2.24. The molecule has 1 unspecified atom stereocenters. The summed E-state index contributed by atoms with van der Waals surface area (Å²) in [4.78, 5) is 35.4. The quantitative estimate of drug-likeness (QED) is 0.243. The molecule has 0 saturated carbocycles. The van der Waals surface area contributed by atoms with E-state index in [0.717, 1.165) is 47.3 Å². The van der Waals surface area contributed by atoms with Crippen LogP contribution in [0.5, 0.6) is 5.75 Å². The zero-order valence-corrected chi connectivity index (χ0v) is 24.6. The smallest absolute Gasteiger partial charge is 0.270 e. The van der Waals surface area contributed by atoms with Gasteiger partial charge < -0.3 is 19.1 Å². The van der Waals surface area contributed by atoms with E-state index >= 15 is 0 Å². The summed E-state index contributed by atoms with van der Waals surface area (Å²) >= 11 is 6.44. The average molecular weight is 581 g/mol. The maximum atomic E-state index is 14.2. The number of carbonyl (C=O) groups excluding carboxylic acids is 2. The van der Waals surface area contributed by atoms with Gasteiger partial charge in [0.2, 0.25) is 0 Å². The van der Waals surface area contributed by atoms with Crippen LogP contribution >= 0.6 is 11.6 Å². The van der Waals surface area contributed by atoms with Crippen LogP contribution in [-0.4, -0.2) is 45.8 Å². The highest BCUT2D eigenvalue weighted by atomic mass is 35.5. The molecule has 2 amide bonds. The third-order valence-electron chi connectivity index (χ3n) is 8.07. The van der Waals surface area contributed by atoms with Gasteiger partial charge in [-0.15, -0.1) is 11.6 Å². The Morgan fingerprint density at radius 2 is 1.93 bits per heavy atom. The molecule has 1 aliphatic carbocycles. The number of methoxy groups -OCH3 is 1. The molecule has 1 aliphatic heterocycles. The second-order valence-corrected chi connectivity index (χ2v) is 11.5. The molecule has 0 saturated heterocycles. The van der Waals surface area contributed by atoms with Crippen molar-refractivity contribution in [3.63, 3.8) is 0 Å². The van der Waals surface area contributed by atoms with Gasteiger partial charge in [-0.2, -0.15) is 0 Å². The number of carbonyl (C=O) groups is 2. The molecule has 2 aromatic carbocycles. The van der Waals surface area contributed by atoms with Gasteiger partial charge in [-0.1, -0.05) is 36.4 Å². The third-order valence-corrected chi connectivity index (χ3v) is 8.44. The summed E-state index contributed by atoms with van der Waals surface area (Å²) in [5.74, 6) is 0.283. The van der Waals surface area contributed by atoms with Crippen LogP contribution in [0.4, 0.5) is 5.69 Å². The maximum Gasteiger partial charge on any atom is 0.270 e. The molecule has 6 rings (SSSR count). The van der Waals surface area contributed by atoms with E-state index in [1.807, 2.05) is 71.3 Å². The van der Waals surface area contributed by atoms with E-state index in [1.165, 1.54) is 5.57 Å². The molecule has 214 valence electrons. The van der Waals surface area contributed by atoms with Crippen molar-refractivity contribution in [3.8, 4) is 5.75 Å². The number of ether oxygens (including phenoxy) is 1. The van der Waals surface area contributed by atoms with Gasteiger partial charge in [-0.3, -0.25) is 14.6 Å². The number of fused-ring (bicyclic) bond motifs is 2. The van der Waals surface area contributed by atoms with Crippen LogP contribution < -0.4 is 9.64 Å². The molecular weight excluding hydrogens is 548 g/mol. The summed E-state index contributed by atoms with van der Waals surface area (Å²) in [6.45, 7) is 1.25. The molecule has 0 N–H and O–H groups in total. The molecule has 1 atom stereocenters. The zero-order chi connectivity index (χ0) is 29.2. The molecule has 0 spiro atoms. The minimum absolute atomic E-state index is 0.0872. The molecule has 3 heterocycles.